The van der Waals surface area contributed by atoms with Gasteiger partial charge in [-0.2, -0.15) is 13.2 Å². The fraction of sp³-hybridized carbons (Fsp3) is 0.533. The van der Waals surface area contributed by atoms with Crippen molar-refractivity contribution in [3.63, 3.8) is 0 Å². The molecule has 0 aliphatic rings. The van der Waals surface area contributed by atoms with Gasteiger partial charge < -0.3 is 9.84 Å². The molecule has 1 rings (SSSR count). The van der Waals surface area contributed by atoms with Crippen molar-refractivity contribution in [1.29, 1.82) is 0 Å². The topological polar surface area (TPSA) is 58.6 Å². The third-order valence-corrected chi connectivity index (χ3v) is 2.67. The average Bonchev–Trinajstić information content (AvgIpc) is 2.36. The second-order valence-corrected chi connectivity index (χ2v) is 5.84. The van der Waals surface area contributed by atoms with Gasteiger partial charge in [0.2, 0.25) is 0 Å². The van der Waals surface area contributed by atoms with Crippen molar-refractivity contribution in [2.24, 2.45) is 0 Å². The molecular formula is C15H20F3NO3. The Morgan fingerprint density at radius 2 is 1.77 bits per heavy atom. The van der Waals surface area contributed by atoms with E-state index < -0.39 is 36.4 Å². The van der Waals surface area contributed by atoms with Crippen LogP contribution in [0.1, 0.15) is 32.4 Å². The van der Waals surface area contributed by atoms with Crippen LogP contribution in [0.25, 0.3) is 0 Å². The van der Waals surface area contributed by atoms with Crippen LogP contribution in [-0.2, 0) is 9.53 Å². The van der Waals surface area contributed by atoms with Crippen molar-refractivity contribution >= 4 is 5.97 Å². The molecule has 2 atom stereocenters. The van der Waals surface area contributed by atoms with E-state index in [0.717, 1.165) is 0 Å². The summed E-state index contributed by atoms with van der Waals surface area (Å²) in [5, 5.41) is 11.5. The highest BCUT2D eigenvalue weighted by Crippen LogP contribution is 2.22. The summed E-state index contributed by atoms with van der Waals surface area (Å²) < 4.78 is 42.3. The van der Waals surface area contributed by atoms with Crippen molar-refractivity contribution in [2.45, 2.75) is 44.7 Å². The largest absolute Gasteiger partial charge is 0.459 e. The van der Waals surface area contributed by atoms with E-state index in [0.29, 0.717) is 5.56 Å². The highest BCUT2D eigenvalue weighted by molar-refractivity contribution is 5.78. The number of esters is 1. The summed E-state index contributed by atoms with van der Waals surface area (Å²) in [6.07, 6.45) is -7.30. The molecule has 0 saturated carbocycles. The number of nitrogens with one attached hydrogen (secondary N) is 1. The molecule has 0 bridgehead atoms. The molecule has 4 nitrogen and oxygen atoms in total. The normalized spacial score (nSPS) is 15.2. The third-order valence-electron chi connectivity index (χ3n) is 2.67. The fourth-order valence-corrected chi connectivity index (χ4v) is 1.69. The van der Waals surface area contributed by atoms with Crippen molar-refractivity contribution in [3.8, 4) is 0 Å². The van der Waals surface area contributed by atoms with Gasteiger partial charge in [-0.15, -0.1) is 0 Å². The van der Waals surface area contributed by atoms with Crippen LogP contribution in [0.2, 0.25) is 0 Å². The highest BCUT2D eigenvalue weighted by Gasteiger charge is 2.39. The molecule has 0 aliphatic carbocycles. The van der Waals surface area contributed by atoms with Gasteiger partial charge in [-0.25, -0.2) is 4.79 Å². The first-order valence-electron chi connectivity index (χ1n) is 6.76. The van der Waals surface area contributed by atoms with Crippen molar-refractivity contribution < 1.29 is 27.8 Å². The first-order chi connectivity index (χ1) is 10.0. The number of aliphatic hydroxyl groups excluding tert-OH is 1. The summed E-state index contributed by atoms with van der Waals surface area (Å²) in [6.45, 7) is 4.19. The molecule has 0 heterocycles. The van der Waals surface area contributed by atoms with Crippen molar-refractivity contribution in [3.05, 3.63) is 35.9 Å². The Kier molecular flexibility index (Phi) is 5.96. The van der Waals surface area contributed by atoms with Crippen molar-refractivity contribution in [2.75, 3.05) is 6.54 Å². The summed E-state index contributed by atoms with van der Waals surface area (Å²) in [6, 6.07) is 7.16. The number of carbonyl (C=O) groups excluding carboxylic acids is 1. The number of hydrogen-bond donors (Lipinski definition) is 2. The minimum atomic E-state index is -4.75. The van der Waals surface area contributed by atoms with Gasteiger partial charge in [0.1, 0.15) is 11.6 Å². The molecule has 2 N–H and O–H groups in total. The first kappa shape index (κ1) is 18.4. The first-order valence-corrected chi connectivity index (χ1v) is 6.76. The molecular weight excluding hydrogens is 299 g/mol. The Balaban J connectivity index is 2.86. The molecule has 1 aromatic rings. The van der Waals surface area contributed by atoms with E-state index in [1.54, 1.807) is 51.1 Å². The van der Waals surface area contributed by atoms with Gasteiger partial charge in [0.15, 0.2) is 6.10 Å². The minimum absolute atomic E-state index is 0.464. The molecule has 0 aromatic heterocycles. The maximum absolute atomic E-state index is 12.4. The van der Waals surface area contributed by atoms with Crippen LogP contribution in [0.15, 0.2) is 30.3 Å². The SMILES string of the molecule is CC(C)(C)OC(=O)[C@H](NC[C@H](O)C(F)(F)F)c1ccccc1. The lowest BCUT2D eigenvalue weighted by atomic mass is 10.1. The lowest BCUT2D eigenvalue weighted by molar-refractivity contribution is -0.202. The van der Waals surface area contributed by atoms with E-state index in [1.165, 1.54) is 0 Å². The van der Waals surface area contributed by atoms with Gasteiger partial charge in [0.05, 0.1) is 0 Å². The molecule has 0 fully saturated rings. The molecule has 0 amide bonds. The van der Waals surface area contributed by atoms with Crippen LogP contribution < -0.4 is 5.32 Å². The number of rotatable bonds is 5. The second kappa shape index (κ2) is 7.11. The van der Waals surface area contributed by atoms with Gasteiger partial charge in [0.25, 0.3) is 0 Å². The number of benzene rings is 1. The molecule has 124 valence electrons. The second-order valence-electron chi connectivity index (χ2n) is 5.84. The van der Waals surface area contributed by atoms with E-state index in [4.69, 9.17) is 9.84 Å². The molecule has 0 aliphatic heterocycles. The maximum atomic E-state index is 12.4. The zero-order valence-electron chi connectivity index (χ0n) is 12.6. The van der Waals surface area contributed by atoms with Crippen LogP contribution in [0.5, 0.6) is 0 Å². The summed E-state index contributed by atoms with van der Waals surface area (Å²) in [5.41, 5.74) is -0.305. The molecule has 1 aromatic carbocycles. The van der Waals surface area contributed by atoms with Crippen molar-refractivity contribution in [1.82, 2.24) is 5.32 Å². The third kappa shape index (κ3) is 6.03. The Bertz CT molecular complexity index is 483. The number of aliphatic hydroxyl groups is 1. The quantitative estimate of drug-likeness (QED) is 0.819. The van der Waals surface area contributed by atoms with Crippen LogP contribution >= 0.6 is 0 Å². The maximum Gasteiger partial charge on any atom is 0.415 e. The van der Waals surface area contributed by atoms with E-state index in [2.05, 4.69) is 5.32 Å². The van der Waals surface area contributed by atoms with E-state index in [9.17, 15) is 18.0 Å². The standard InChI is InChI=1S/C15H20F3NO3/c1-14(2,3)22-13(21)12(10-7-5-4-6-8-10)19-9-11(20)15(16,17)18/h4-8,11-12,19-20H,9H2,1-3H3/t11-,12+/m0/s1. The van der Waals surface area contributed by atoms with Gasteiger partial charge in [0, 0.05) is 6.54 Å². The van der Waals surface area contributed by atoms with Gasteiger partial charge in [-0.1, -0.05) is 30.3 Å². The molecule has 7 heteroatoms. The Morgan fingerprint density at radius 1 is 1.23 bits per heavy atom. The number of ether oxygens (including phenoxy) is 1. The number of carbonyl (C=O) groups is 1. The Hall–Kier alpha value is -1.60. The van der Waals surface area contributed by atoms with Crippen LogP contribution in [0, 0.1) is 0 Å². The van der Waals surface area contributed by atoms with Gasteiger partial charge in [-0.3, -0.25) is 5.32 Å². The molecule has 0 radical (unpaired) electrons. The Morgan fingerprint density at radius 3 is 2.23 bits per heavy atom. The fourth-order valence-electron chi connectivity index (χ4n) is 1.69. The monoisotopic (exact) mass is 319 g/mol. The number of halogens is 3. The smallest absolute Gasteiger partial charge is 0.415 e. The van der Waals surface area contributed by atoms with E-state index >= 15 is 0 Å². The lowest BCUT2D eigenvalue weighted by Gasteiger charge is -2.26. The summed E-state index contributed by atoms with van der Waals surface area (Å²) in [4.78, 5) is 12.2. The van der Waals surface area contributed by atoms with Crippen LogP contribution in [0.3, 0.4) is 0 Å². The lowest BCUT2D eigenvalue weighted by Crippen LogP contribution is -2.43. The predicted octanol–water partition coefficient (Wildman–Crippen LogP) is 2.58. The molecule has 0 spiro atoms. The summed E-state index contributed by atoms with van der Waals surface area (Å²) >= 11 is 0. The van der Waals surface area contributed by atoms with Gasteiger partial charge >= 0.3 is 12.1 Å². The minimum Gasteiger partial charge on any atom is -0.459 e. The van der Waals surface area contributed by atoms with E-state index in [-0.39, 0.29) is 0 Å². The van der Waals surface area contributed by atoms with Crippen LogP contribution in [0.4, 0.5) is 13.2 Å². The van der Waals surface area contributed by atoms with E-state index in [1.807, 2.05) is 0 Å². The molecule has 22 heavy (non-hydrogen) atoms. The zero-order chi connectivity index (χ0) is 17.0. The number of hydrogen-bond acceptors (Lipinski definition) is 4. The summed E-state index contributed by atoms with van der Waals surface area (Å²) in [7, 11) is 0. The summed E-state index contributed by atoms with van der Waals surface area (Å²) in [5.74, 6) is -0.701. The average molecular weight is 319 g/mol. The number of alkyl halides is 3. The molecule has 0 saturated heterocycles. The zero-order valence-corrected chi connectivity index (χ0v) is 12.6. The van der Waals surface area contributed by atoms with Crippen LogP contribution in [-0.4, -0.2) is 35.5 Å². The van der Waals surface area contributed by atoms with Gasteiger partial charge in [-0.05, 0) is 26.3 Å². The predicted molar refractivity (Wildman–Crippen MR) is 75.1 cm³/mol. The highest BCUT2D eigenvalue weighted by atomic mass is 19.4. The molecule has 0 unspecified atom stereocenters. The Labute approximate surface area is 127 Å².